The van der Waals surface area contributed by atoms with Crippen molar-refractivity contribution in [1.29, 1.82) is 0 Å². The summed E-state index contributed by atoms with van der Waals surface area (Å²) in [5.41, 5.74) is 1.15. The molecule has 0 saturated carbocycles. The van der Waals surface area contributed by atoms with Crippen LogP contribution in [-0.2, 0) is 9.53 Å². The highest BCUT2D eigenvalue weighted by Crippen LogP contribution is 2.29. The molecule has 0 aromatic heterocycles. The molecule has 0 heterocycles. The van der Waals surface area contributed by atoms with Crippen LogP contribution in [0, 0.1) is 0 Å². The fraction of sp³-hybridized carbons (Fsp3) is 0.217. The summed E-state index contributed by atoms with van der Waals surface area (Å²) in [5, 5.41) is 1.96. The zero-order valence-corrected chi connectivity index (χ0v) is 17.0. The van der Waals surface area contributed by atoms with E-state index in [9.17, 15) is 14.0 Å². The molecule has 144 valence electrons. The summed E-state index contributed by atoms with van der Waals surface area (Å²) < 4.78 is 20.1. The lowest BCUT2D eigenvalue weighted by Gasteiger charge is -2.19. The number of halogens is 2. The minimum absolute atomic E-state index is 0.0980. The van der Waals surface area contributed by atoms with Crippen LogP contribution < -0.4 is 0 Å². The van der Waals surface area contributed by atoms with Gasteiger partial charge in [0.1, 0.15) is 0 Å². The molecule has 0 bridgehead atoms. The normalized spacial score (nSPS) is 13.1. The fourth-order valence-corrected chi connectivity index (χ4v) is 3.43. The zero-order valence-electron chi connectivity index (χ0n) is 15.4. The molecule has 3 nitrogen and oxygen atoms in total. The maximum atomic E-state index is 14.5. The van der Waals surface area contributed by atoms with E-state index in [4.69, 9.17) is 4.74 Å². The number of rotatable bonds is 7. The first-order valence-corrected chi connectivity index (χ1v) is 9.88. The van der Waals surface area contributed by atoms with Crippen LogP contribution in [0.2, 0.25) is 0 Å². The smallest absolute Gasteiger partial charge is 0.340 e. The second kappa shape index (κ2) is 9.11. The van der Waals surface area contributed by atoms with Crippen molar-refractivity contribution in [3.8, 4) is 0 Å². The largest absolute Gasteiger partial charge is 0.464 e. The summed E-state index contributed by atoms with van der Waals surface area (Å²) in [6, 6.07) is 20.3. The van der Waals surface area contributed by atoms with Crippen molar-refractivity contribution in [2.24, 2.45) is 0 Å². The Labute approximate surface area is 171 Å². The Morgan fingerprint density at radius 1 is 1.00 bits per heavy atom. The Morgan fingerprint density at radius 3 is 2.36 bits per heavy atom. The number of ether oxygens (including phenoxy) is 1. The number of hydrogen-bond donors (Lipinski definition) is 0. The minimum atomic E-state index is -1.86. The molecule has 0 fully saturated rings. The number of carbonyl (C=O) groups is 2. The molecule has 0 radical (unpaired) electrons. The lowest BCUT2D eigenvalue weighted by molar-refractivity contribution is -0.149. The van der Waals surface area contributed by atoms with Crippen LogP contribution >= 0.6 is 15.9 Å². The number of fused-ring (bicyclic) bond motifs is 1. The highest BCUT2D eigenvalue weighted by atomic mass is 79.9. The van der Waals surface area contributed by atoms with Crippen molar-refractivity contribution in [2.45, 2.75) is 25.4 Å². The fourth-order valence-electron chi connectivity index (χ4n) is 3.17. The molecule has 5 heteroatoms. The summed E-state index contributed by atoms with van der Waals surface area (Å²) >= 11 is 3.37. The van der Waals surface area contributed by atoms with Gasteiger partial charge in [-0.1, -0.05) is 64.5 Å². The molecular weight excluding hydrogens is 423 g/mol. The Morgan fingerprint density at radius 2 is 1.68 bits per heavy atom. The van der Waals surface area contributed by atoms with E-state index in [1.54, 1.807) is 43.3 Å². The first-order valence-electron chi connectivity index (χ1n) is 9.08. The Kier molecular flexibility index (Phi) is 6.57. The van der Waals surface area contributed by atoms with Crippen LogP contribution in [0.1, 0.15) is 35.2 Å². The third kappa shape index (κ3) is 4.65. The second-order valence-corrected chi connectivity index (χ2v) is 7.40. The summed E-state index contributed by atoms with van der Waals surface area (Å²) in [5.74, 6) is -1.94. The molecule has 2 atom stereocenters. The number of ketones is 1. The highest BCUT2D eigenvalue weighted by molar-refractivity contribution is 9.10. The van der Waals surface area contributed by atoms with Crippen LogP contribution in [0.15, 0.2) is 71.2 Å². The van der Waals surface area contributed by atoms with Crippen molar-refractivity contribution < 1.29 is 18.7 Å². The molecule has 0 amide bonds. The molecule has 3 aromatic rings. The monoisotopic (exact) mass is 442 g/mol. The van der Waals surface area contributed by atoms with Gasteiger partial charge in [-0.2, -0.15) is 0 Å². The van der Waals surface area contributed by atoms with Crippen LogP contribution in [0.25, 0.3) is 10.8 Å². The summed E-state index contributed by atoms with van der Waals surface area (Å²) in [4.78, 5) is 25.0. The van der Waals surface area contributed by atoms with Crippen molar-refractivity contribution in [2.75, 3.05) is 6.61 Å². The van der Waals surface area contributed by atoms with Crippen LogP contribution in [0.5, 0.6) is 0 Å². The Hall–Kier alpha value is -2.53. The number of hydrogen-bond acceptors (Lipinski definition) is 3. The average Bonchev–Trinajstić information content (AvgIpc) is 2.72. The summed E-state index contributed by atoms with van der Waals surface area (Å²) in [6.07, 6.45) is -2.12. The van der Waals surface area contributed by atoms with E-state index in [0.717, 1.165) is 15.2 Å². The van der Waals surface area contributed by atoms with Gasteiger partial charge in [0.15, 0.2) is 12.0 Å². The SMILES string of the molecule is CCOC(=O)[C@@H](F)CC(C(=O)c1ccc2ccccc2c1)c1ccc(Br)cc1. The zero-order chi connectivity index (χ0) is 20.1. The first kappa shape index (κ1) is 20.2. The average molecular weight is 443 g/mol. The minimum Gasteiger partial charge on any atom is -0.464 e. The van der Waals surface area contributed by atoms with E-state index in [1.807, 2.05) is 30.3 Å². The Bertz CT molecular complexity index is 985. The number of alkyl halides is 1. The van der Waals surface area contributed by atoms with Gasteiger partial charge in [0.05, 0.1) is 12.5 Å². The van der Waals surface area contributed by atoms with Crippen molar-refractivity contribution in [1.82, 2.24) is 0 Å². The van der Waals surface area contributed by atoms with Gasteiger partial charge < -0.3 is 4.74 Å². The van der Waals surface area contributed by atoms with Gasteiger partial charge in [-0.25, -0.2) is 9.18 Å². The van der Waals surface area contributed by atoms with Gasteiger partial charge in [-0.3, -0.25) is 4.79 Å². The third-order valence-electron chi connectivity index (χ3n) is 4.61. The molecule has 0 aliphatic rings. The number of benzene rings is 3. The van der Waals surface area contributed by atoms with Gasteiger partial charge in [-0.15, -0.1) is 0 Å². The maximum Gasteiger partial charge on any atom is 0.340 e. The first-order chi connectivity index (χ1) is 13.5. The molecule has 0 aliphatic heterocycles. The molecule has 0 aliphatic carbocycles. The molecule has 28 heavy (non-hydrogen) atoms. The lowest BCUT2D eigenvalue weighted by Crippen LogP contribution is -2.25. The molecular formula is C23H20BrFO3. The highest BCUT2D eigenvalue weighted by Gasteiger charge is 2.30. The predicted octanol–water partition coefficient (Wildman–Crippen LogP) is 5.86. The Balaban J connectivity index is 1.95. The van der Waals surface area contributed by atoms with Gasteiger partial charge in [-0.05, 0) is 41.5 Å². The standard InChI is InChI=1S/C23H20BrFO3/c1-2-28-23(27)21(25)14-20(16-9-11-19(24)12-10-16)22(26)18-8-7-15-5-3-4-6-17(15)13-18/h3-13,20-21H,2,14H2,1H3/t20?,21-/m0/s1. The van der Waals surface area contributed by atoms with Crippen molar-refractivity contribution in [3.63, 3.8) is 0 Å². The molecule has 1 unspecified atom stereocenters. The topological polar surface area (TPSA) is 43.4 Å². The van der Waals surface area contributed by atoms with Crippen LogP contribution in [-0.4, -0.2) is 24.5 Å². The van der Waals surface area contributed by atoms with Crippen LogP contribution in [0.4, 0.5) is 4.39 Å². The van der Waals surface area contributed by atoms with E-state index in [0.29, 0.717) is 11.1 Å². The quantitative estimate of drug-likeness (QED) is 0.339. The van der Waals surface area contributed by atoms with E-state index >= 15 is 0 Å². The molecule has 0 N–H and O–H groups in total. The summed E-state index contributed by atoms with van der Waals surface area (Å²) in [6.45, 7) is 1.72. The summed E-state index contributed by atoms with van der Waals surface area (Å²) in [7, 11) is 0. The third-order valence-corrected chi connectivity index (χ3v) is 5.14. The lowest BCUT2D eigenvalue weighted by atomic mass is 9.86. The van der Waals surface area contributed by atoms with E-state index in [2.05, 4.69) is 15.9 Å². The predicted molar refractivity (Wildman–Crippen MR) is 111 cm³/mol. The van der Waals surface area contributed by atoms with E-state index in [1.165, 1.54) is 0 Å². The van der Waals surface area contributed by atoms with Gasteiger partial charge in [0.2, 0.25) is 0 Å². The van der Waals surface area contributed by atoms with E-state index < -0.39 is 18.1 Å². The molecule has 0 saturated heterocycles. The molecule has 3 rings (SSSR count). The van der Waals surface area contributed by atoms with Gasteiger partial charge in [0.25, 0.3) is 0 Å². The second-order valence-electron chi connectivity index (χ2n) is 6.49. The van der Waals surface area contributed by atoms with Crippen molar-refractivity contribution in [3.05, 3.63) is 82.3 Å². The van der Waals surface area contributed by atoms with Gasteiger partial charge in [0, 0.05) is 16.5 Å². The van der Waals surface area contributed by atoms with Crippen molar-refractivity contribution >= 4 is 38.5 Å². The molecule has 0 spiro atoms. The number of carbonyl (C=O) groups excluding carboxylic acids is 2. The van der Waals surface area contributed by atoms with Gasteiger partial charge >= 0.3 is 5.97 Å². The number of Topliss-reactive ketones (excluding diaryl/α,β-unsaturated/α-hetero) is 1. The number of esters is 1. The maximum absolute atomic E-state index is 14.5. The van der Waals surface area contributed by atoms with E-state index in [-0.39, 0.29) is 18.8 Å². The van der Waals surface area contributed by atoms with Crippen LogP contribution in [0.3, 0.4) is 0 Å². The molecule has 3 aromatic carbocycles.